The molecule has 1 saturated carbocycles. The Morgan fingerprint density at radius 1 is 1.50 bits per heavy atom. The Labute approximate surface area is 145 Å². The Bertz CT molecular complexity index is 538. The maximum atomic E-state index is 6.10. The predicted octanol–water partition coefficient (Wildman–Crippen LogP) is 3.38. The van der Waals surface area contributed by atoms with E-state index in [0.29, 0.717) is 12.6 Å². The highest BCUT2D eigenvalue weighted by Crippen LogP contribution is 2.24. The second-order valence-electron chi connectivity index (χ2n) is 6.25. The molecule has 0 atom stereocenters. The summed E-state index contributed by atoms with van der Waals surface area (Å²) in [6.07, 6.45) is 10.9. The number of aromatic nitrogens is 1. The first-order valence-corrected chi connectivity index (χ1v) is 8.87. The third-order valence-corrected chi connectivity index (χ3v) is 4.34. The van der Waals surface area contributed by atoms with Crippen LogP contribution in [0.15, 0.2) is 36.0 Å². The van der Waals surface area contributed by atoms with E-state index >= 15 is 0 Å². The summed E-state index contributed by atoms with van der Waals surface area (Å²) in [7, 11) is 3.86. The summed E-state index contributed by atoms with van der Waals surface area (Å²) in [5.74, 6) is 1.64. The average molecular weight is 330 g/mol. The van der Waals surface area contributed by atoms with Crippen molar-refractivity contribution in [1.82, 2.24) is 15.2 Å². The van der Waals surface area contributed by atoms with Crippen molar-refractivity contribution in [2.75, 3.05) is 20.6 Å². The number of ether oxygens (including phenoxy) is 1. The molecule has 2 rings (SSSR count). The van der Waals surface area contributed by atoms with Crippen molar-refractivity contribution in [2.24, 2.45) is 4.99 Å². The number of allylic oxidation sites excluding steroid dienone is 1. The van der Waals surface area contributed by atoms with E-state index in [1.807, 2.05) is 19.2 Å². The van der Waals surface area contributed by atoms with Gasteiger partial charge in [0.2, 0.25) is 5.88 Å². The van der Waals surface area contributed by atoms with Gasteiger partial charge >= 0.3 is 0 Å². The van der Waals surface area contributed by atoms with Crippen LogP contribution in [-0.4, -0.2) is 42.6 Å². The van der Waals surface area contributed by atoms with Gasteiger partial charge < -0.3 is 15.0 Å². The Morgan fingerprint density at radius 2 is 2.29 bits per heavy atom. The molecule has 0 amide bonds. The van der Waals surface area contributed by atoms with Crippen molar-refractivity contribution in [3.63, 3.8) is 0 Å². The molecule has 0 unspecified atom stereocenters. The SMILES string of the molecule is C=CCCCN(C)C(=NC)NCc1cccnc1OC1CCCC1. The fourth-order valence-electron chi connectivity index (χ4n) is 2.97. The lowest BCUT2D eigenvalue weighted by atomic mass is 10.2. The Kier molecular flexibility index (Phi) is 7.59. The molecule has 5 heteroatoms. The molecule has 1 N–H and O–H groups in total. The molecule has 0 saturated heterocycles. The van der Waals surface area contributed by atoms with Gasteiger partial charge in [0.25, 0.3) is 0 Å². The highest BCUT2D eigenvalue weighted by atomic mass is 16.5. The van der Waals surface area contributed by atoms with E-state index in [-0.39, 0.29) is 0 Å². The molecule has 1 aliphatic rings. The molecule has 132 valence electrons. The van der Waals surface area contributed by atoms with E-state index < -0.39 is 0 Å². The summed E-state index contributed by atoms with van der Waals surface area (Å²) in [5, 5.41) is 3.41. The van der Waals surface area contributed by atoms with E-state index in [2.05, 4.69) is 39.9 Å². The van der Waals surface area contributed by atoms with Gasteiger partial charge in [-0.15, -0.1) is 6.58 Å². The molecule has 5 nitrogen and oxygen atoms in total. The Hall–Kier alpha value is -2.04. The number of pyridine rings is 1. The summed E-state index contributed by atoms with van der Waals surface area (Å²) >= 11 is 0. The highest BCUT2D eigenvalue weighted by Gasteiger charge is 2.18. The minimum absolute atomic E-state index is 0.319. The topological polar surface area (TPSA) is 49.8 Å². The van der Waals surface area contributed by atoms with Gasteiger partial charge in [-0.1, -0.05) is 12.1 Å². The molecule has 1 aromatic rings. The number of nitrogens with one attached hydrogen (secondary N) is 1. The minimum Gasteiger partial charge on any atom is -0.474 e. The zero-order chi connectivity index (χ0) is 17.2. The number of guanidine groups is 1. The van der Waals surface area contributed by atoms with Gasteiger partial charge in [-0.3, -0.25) is 4.99 Å². The maximum Gasteiger partial charge on any atom is 0.218 e. The molecular weight excluding hydrogens is 300 g/mol. The van der Waals surface area contributed by atoms with Crippen LogP contribution in [0.4, 0.5) is 0 Å². The van der Waals surface area contributed by atoms with Crippen molar-refractivity contribution in [1.29, 1.82) is 0 Å². The molecule has 1 heterocycles. The third-order valence-electron chi connectivity index (χ3n) is 4.34. The molecule has 0 bridgehead atoms. The summed E-state index contributed by atoms with van der Waals surface area (Å²) in [6, 6.07) is 4.02. The quantitative estimate of drug-likeness (QED) is 0.344. The van der Waals surface area contributed by atoms with Crippen LogP contribution in [0.1, 0.15) is 44.1 Å². The van der Waals surface area contributed by atoms with Crippen molar-refractivity contribution >= 4 is 5.96 Å². The molecule has 1 aliphatic carbocycles. The zero-order valence-electron chi connectivity index (χ0n) is 15.0. The van der Waals surface area contributed by atoms with E-state index in [1.54, 1.807) is 6.20 Å². The second-order valence-corrected chi connectivity index (χ2v) is 6.25. The Balaban J connectivity index is 1.91. The van der Waals surface area contributed by atoms with E-state index in [4.69, 9.17) is 4.74 Å². The summed E-state index contributed by atoms with van der Waals surface area (Å²) in [5.41, 5.74) is 1.07. The number of rotatable bonds is 8. The Morgan fingerprint density at radius 3 is 3.00 bits per heavy atom. The maximum absolute atomic E-state index is 6.10. The van der Waals surface area contributed by atoms with Gasteiger partial charge in [0.1, 0.15) is 6.10 Å². The van der Waals surface area contributed by atoms with Gasteiger partial charge in [0.15, 0.2) is 5.96 Å². The van der Waals surface area contributed by atoms with Crippen molar-refractivity contribution in [3.8, 4) is 5.88 Å². The predicted molar refractivity (Wildman–Crippen MR) is 99.4 cm³/mol. The van der Waals surface area contributed by atoms with Crippen LogP contribution in [0.5, 0.6) is 5.88 Å². The number of aliphatic imine (C=N–C) groups is 1. The third kappa shape index (κ3) is 5.55. The van der Waals surface area contributed by atoms with Gasteiger partial charge in [-0.05, 0) is 44.6 Å². The van der Waals surface area contributed by atoms with Gasteiger partial charge in [-0.25, -0.2) is 4.98 Å². The number of hydrogen-bond acceptors (Lipinski definition) is 3. The molecule has 0 spiro atoms. The number of hydrogen-bond donors (Lipinski definition) is 1. The first-order chi connectivity index (χ1) is 11.7. The van der Waals surface area contributed by atoms with Crippen molar-refractivity contribution in [3.05, 3.63) is 36.5 Å². The first kappa shape index (κ1) is 18.3. The summed E-state index contributed by atoms with van der Waals surface area (Å²) in [4.78, 5) is 10.9. The fourth-order valence-corrected chi connectivity index (χ4v) is 2.97. The number of nitrogens with zero attached hydrogens (tertiary/aromatic N) is 3. The summed E-state index contributed by atoms with van der Waals surface area (Å²) < 4.78 is 6.10. The summed E-state index contributed by atoms with van der Waals surface area (Å²) in [6.45, 7) is 5.37. The monoisotopic (exact) mass is 330 g/mol. The van der Waals surface area contributed by atoms with Crippen LogP contribution in [-0.2, 0) is 6.54 Å². The minimum atomic E-state index is 0.319. The molecular formula is C19H30N4O. The van der Waals surface area contributed by atoms with Gasteiger partial charge in [0.05, 0.1) is 0 Å². The molecule has 1 fully saturated rings. The van der Waals surface area contributed by atoms with E-state index in [1.165, 1.54) is 12.8 Å². The molecule has 0 radical (unpaired) electrons. The lowest BCUT2D eigenvalue weighted by Gasteiger charge is -2.22. The highest BCUT2D eigenvalue weighted by molar-refractivity contribution is 5.79. The van der Waals surface area contributed by atoms with Crippen molar-refractivity contribution < 1.29 is 4.74 Å². The lowest BCUT2D eigenvalue weighted by Crippen LogP contribution is -2.39. The number of unbranched alkanes of at least 4 members (excludes halogenated alkanes) is 1. The van der Waals surface area contributed by atoms with Crippen molar-refractivity contribution in [2.45, 2.75) is 51.2 Å². The van der Waals surface area contributed by atoms with Crippen LogP contribution >= 0.6 is 0 Å². The van der Waals surface area contributed by atoms with Gasteiger partial charge in [0, 0.05) is 38.9 Å². The largest absolute Gasteiger partial charge is 0.474 e. The van der Waals surface area contributed by atoms with Crippen LogP contribution in [0.25, 0.3) is 0 Å². The van der Waals surface area contributed by atoms with Crippen LogP contribution in [0, 0.1) is 0 Å². The zero-order valence-corrected chi connectivity index (χ0v) is 15.0. The van der Waals surface area contributed by atoms with E-state index in [0.717, 1.165) is 49.6 Å². The second kappa shape index (κ2) is 9.96. The molecule has 0 aliphatic heterocycles. The first-order valence-electron chi connectivity index (χ1n) is 8.87. The van der Waals surface area contributed by atoms with Crippen LogP contribution in [0.2, 0.25) is 0 Å². The molecule has 24 heavy (non-hydrogen) atoms. The van der Waals surface area contributed by atoms with Crippen LogP contribution in [0.3, 0.4) is 0 Å². The fraction of sp³-hybridized carbons (Fsp3) is 0.579. The normalized spacial score (nSPS) is 15.3. The lowest BCUT2D eigenvalue weighted by molar-refractivity contribution is 0.199. The van der Waals surface area contributed by atoms with E-state index in [9.17, 15) is 0 Å². The van der Waals surface area contributed by atoms with Crippen LogP contribution < -0.4 is 10.1 Å². The standard InChI is InChI=1S/C19H30N4O/c1-4-5-8-14-23(3)19(20-2)22-15-16-10-9-13-21-18(16)24-17-11-6-7-12-17/h4,9-10,13,17H,1,5-8,11-12,14-15H2,2-3H3,(H,20,22). The molecule has 1 aromatic heterocycles. The smallest absolute Gasteiger partial charge is 0.218 e. The molecule has 0 aromatic carbocycles. The van der Waals surface area contributed by atoms with Gasteiger partial charge in [-0.2, -0.15) is 0 Å². The average Bonchev–Trinajstić information content (AvgIpc) is 3.10.